The molecule has 92 valence electrons. The van der Waals surface area contributed by atoms with Crippen LogP contribution in [0.15, 0.2) is 24.3 Å². The molecule has 0 aliphatic carbocycles. The number of halogens is 1. The molecule has 0 unspecified atom stereocenters. The number of benzene rings is 2. The van der Waals surface area contributed by atoms with E-state index in [1.807, 2.05) is 0 Å². The fraction of sp³-hybridized carbons (Fsp3) is 0.154. The predicted molar refractivity (Wildman–Crippen MR) is 69.8 cm³/mol. The number of phenols is 1. The van der Waals surface area contributed by atoms with Gasteiger partial charge in [-0.25, -0.2) is 4.79 Å². The first kappa shape index (κ1) is 11.2. The van der Waals surface area contributed by atoms with Gasteiger partial charge in [0.05, 0.1) is 11.3 Å². The van der Waals surface area contributed by atoms with Gasteiger partial charge in [-0.15, -0.1) is 11.6 Å². The van der Waals surface area contributed by atoms with Gasteiger partial charge in [-0.2, -0.15) is 0 Å². The Hall–Kier alpha value is -1.94. The third kappa shape index (κ3) is 1.49. The van der Waals surface area contributed by atoms with E-state index in [9.17, 15) is 9.90 Å². The maximum Gasteiger partial charge on any atom is 0.344 e. The SMILES string of the molecule is O=C1Oc2cc(NCCCl)c(O)c3cccc1c23. The van der Waals surface area contributed by atoms with Crippen LogP contribution in [0.3, 0.4) is 0 Å². The molecule has 1 aliphatic rings. The van der Waals surface area contributed by atoms with Crippen molar-refractivity contribution in [2.24, 2.45) is 0 Å². The monoisotopic (exact) mass is 263 g/mol. The third-order valence-electron chi connectivity index (χ3n) is 2.93. The standard InChI is InChI=1S/C13H10ClNO3/c14-4-5-15-9-6-10-11-7(12(9)16)2-1-3-8(11)13(17)18-10/h1-3,6,15-16H,4-5H2. The zero-order chi connectivity index (χ0) is 12.7. The molecule has 0 bridgehead atoms. The van der Waals surface area contributed by atoms with Crippen molar-refractivity contribution in [1.82, 2.24) is 0 Å². The van der Waals surface area contributed by atoms with Gasteiger partial charge in [-0.3, -0.25) is 0 Å². The number of ether oxygens (including phenoxy) is 1. The first-order valence-electron chi connectivity index (χ1n) is 5.53. The van der Waals surface area contributed by atoms with Gasteiger partial charge in [0, 0.05) is 29.3 Å². The molecule has 0 saturated heterocycles. The summed E-state index contributed by atoms with van der Waals surface area (Å²) in [5.41, 5.74) is 1.01. The Bertz CT molecular complexity index is 654. The van der Waals surface area contributed by atoms with Gasteiger partial charge in [0.1, 0.15) is 11.5 Å². The summed E-state index contributed by atoms with van der Waals surface area (Å²) in [7, 11) is 0. The van der Waals surface area contributed by atoms with Crippen LogP contribution < -0.4 is 10.1 Å². The highest BCUT2D eigenvalue weighted by molar-refractivity contribution is 6.18. The van der Waals surface area contributed by atoms with E-state index in [0.29, 0.717) is 40.2 Å². The summed E-state index contributed by atoms with van der Waals surface area (Å²) in [6.07, 6.45) is 0. The summed E-state index contributed by atoms with van der Waals surface area (Å²) in [5.74, 6) is 0.621. The van der Waals surface area contributed by atoms with Gasteiger partial charge >= 0.3 is 5.97 Å². The van der Waals surface area contributed by atoms with Gasteiger partial charge in [0.2, 0.25) is 0 Å². The second-order valence-electron chi connectivity index (χ2n) is 4.00. The Morgan fingerprint density at radius 1 is 1.39 bits per heavy atom. The zero-order valence-corrected chi connectivity index (χ0v) is 10.1. The van der Waals surface area contributed by atoms with E-state index >= 15 is 0 Å². The lowest BCUT2D eigenvalue weighted by molar-refractivity contribution is 0.0754. The Labute approximate surface area is 108 Å². The highest BCUT2D eigenvalue weighted by Crippen LogP contribution is 2.43. The Kier molecular flexibility index (Phi) is 2.52. The molecule has 2 aromatic rings. The number of carbonyl (C=O) groups is 1. The van der Waals surface area contributed by atoms with Crippen molar-refractivity contribution in [3.63, 3.8) is 0 Å². The second-order valence-corrected chi connectivity index (χ2v) is 4.38. The molecular weight excluding hydrogens is 254 g/mol. The van der Waals surface area contributed by atoms with Crippen LogP contribution >= 0.6 is 11.6 Å². The molecule has 0 amide bonds. The number of hydrogen-bond acceptors (Lipinski definition) is 4. The summed E-state index contributed by atoms with van der Waals surface area (Å²) in [6, 6.07) is 6.79. The van der Waals surface area contributed by atoms with Crippen LogP contribution in [0, 0.1) is 0 Å². The second kappa shape index (κ2) is 4.07. The smallest absolute Gasteiger partial charge is 0.344 e. The average molecular weight is 264 g/mol. The molecule has 0 aromatic heterocycles. The molecule has 2 N–H and O–H groups in total. The lowest BCUT2D eigenvalue weighted by Gasteiger charge is -2.10. The van der Waals surface area contributed by atoms with Crippen molar-refractivity contribution in [2.45, 2.75) is 0 Å². The van der Waals surface area contributed by atoms with E-state index in [-0.39, 0.29) is 11.7 Å². The molecule has 0 atom stereocenters. The van der Waals surface area contributed by atoms with E-state index in [0.717, 1.165) is 0 Å². The van der Waals surface area contributed by atoms with Crippen LogP contribution in [0.25, 0.3) is 10.8 Å². The summed E-state index contributed by atoms with van der Waals surface area (Å²) in [4.78, 5) is 11.6. The fourth-order valence-electron chi connectivity index (χ4n) is 2.15. The number of carbonyl (C=O) groups excluding carboxylic acids is 1. The predicted octanol–water partition coefficient (Wildman–Crippen LogP) is 2.73. The van der Waals surface area contributed by atoms with Crippen LogP contribution in [0.1, 0.15) is 10.4 Å². The van der Waals surface area contributed by atoms with E-state index in [1.165, 1.54) is 0 Å². The maximum absolute atomic E-state index is 11.6. The van der Waals surface area contributed by atoms with E-state index in [2.05, 4.69) is 5.32 Å². The van der Waals surface area contributed by atoms with Gasteiger partial charge in [-0.1, -0.05) is 12.1 Å². The molecule has 0 spiro atoms. The van der Waals surface area contributed by atoms with Crippen molar-refractivity contribution in [1.29, 1.82) is 0 Å². The molecule has 3 rings (SSSR count). The highest BCUT2D eigenvalue weighted by atomic mass is 35.5. The number of hydrogen-bond donors (Lipinski definition) is 2. The van der Waals surface area contributed by atoms with Crippen molar-refractivity contribution < 1.29 is 14.6 Å². The van der Waals surface area contributed by atoms with Gasteiger partial charge in [-0.05, 0) is 6.07 Å². The van der Waals surface area contributed by atoms with Crippen molar-refractivity contribution in [3.05, 3.63) is 29.8 Å². The van der Waals surface area contributed by atoms with Crippen molar-refractivity contribution in [3.8, 4) is 11.5 Å². The molecule has 0 saturated carbocycles. The number of alkyl halides is 1. The third-order valence-corrected chi connectivity index (χ3v) is 3.12. The summed E-state index contributed by atoms with van der Waals surface area (Å²) in [5, 5.41) is 14.4. The molecule has 0 radical (unpaired) electrons. The summed E-state index contributed by atoms with van der Waals surface area (Å²) in [6.45, 7) is 0.522. The quantitative estimate of drug-likeness (QED) is 0.387. The van der Waals surface area contributed by atoms with Gasteiger partial charge < -0.3 is 15.2 Å². The fourth-order valence-corrected chi connectivity index (χ4v) is 2.25. The van der Waals surface area contributed by atoms with Crippen molar-refractivity contribution in [2.75, 3.05) is 17.7 Å². The first-order chi connectivity index (χ1) is 8.72. The Morgan fingerprint density at radius 3 is 3.00 bits per heavy atom. The maximum atomic E-state index is 11.6. The minimum Gasteiger partial charge on any atom is -0.505 e. The van der Waals surface area contributed by atoms with Gasteiger partial charge in [0.15, 0.2) is 0 Å². The van der Waals surface area contributed by atoms with Gasteiger partial charge in [0.25, 0.3) is 0 Å². The molecule has 1 heterocycles. The van der Waals surface area contributed by atoms with Crippen LogP contribution in [0.4, 0.5) is 5.69 Å². The highest BCUT2D eigenvalue weighted by Gasteiger charge is 2.26. The number of anilines is 1. The van der Waals surface area contributed by atoms with E-state index < -0.39 is 0 Å². The van der Waals surface area contributed by atoms with Crippen LogP contribution in [0.5, 0.6) is 11.5 Å². The normalized spacial score (nSPS) is 12.8. The molecule has 4 nitrogen and oxygen atoms in total. The zero-order valence-electron chi connectivity index (χ0n) is 9.37. The minimum absolute atomic E-state index is 0.110. The topological polar surface area (TPSA) is 58.6 Å². The summed E-state index contributed by atoms with van der Waals surface area (Å²) < 4.78 is 5.18. The first-order valence-corrected chi connectivity index (χ1v) is 6.06. The Morgan fingerprint density at radius 2 is 2.22 bits per heavy atom. The number of aromatic hydroxyl groups is 1. The molecule has 2 aromatic carbocycles. The number of rotatable bonds is 3. The van der Waals surface area contributed by atoms with Crippen molar-refractivity contribution >= 4 is 34.0 Å². The van der Waals surface area contributed by atoms with E-state index in [1.54, 1.807) is 24.3 Å². The molecule has 5 heteroatoms. The van der Waals surface area contributed by atoms with E-state index in [4.69, 9.17) is 16.3 Å². The van der Waals surface area contributed by atoms with Crippen LogP contribution in [0.2, 0.25) is 0 Å². The number of esters is 1. The largest absolute Gasteiger partial charge is 0.505 e. The Balaban J connectivity index is 2.24. The number of nitrogens with one attached hydrogen (secondary N) is 1. The lowest BCUT2D eigenvalue weighted by Crippen LogP contribution is -2.03. The average Bonchev–Trinajstić information content (AvgIpc) is 2.70. The minimum atomic E-state index is -0.385. The van der Waals surface area contributed by atoms with Crippen LogP contribution in [-0.4, -0.2) is 23.5 Å². The van der Waals surface area contributed by atoms with Crippen LogP contribution in [-0.2, 0) is 0 Å². The summed E-state index contributed by atoms with van der Waals surface area (Å²) >= 11 is 5.60. The number of phenolic OH excluding ortho intramolecular Hbond substituents is 1. The molecule has 1 aliphatic heterocycles. The molecule has 18 heavy (non-hydrogen) atoms. The molecule has 0 fully saturated rings. The molecular formula is C13H10ClNO3. The lowest BCUT2D eigenvalue weighted by atomic mass is 10.0.